The summed E-state index contributed by atoms with van der Waals surface area (Å²) in [5, 5.41) is 6.13. The third-order valence-electron chi connectivity index (χ3n) is 3.95. The molecule has 0 unspecified atom stereocenters. The Morgan fingerprint density at radius 3 is 2.15 bits per heavy atom. The van der Waals surface area contributed by atoms with Crippen LogP contribution in [0.2, 0.25) is 0 Å². The van der Waals surface area contributed by atoms with E-state index in [1.807, 2.05) is 63.2 Å². The fourth-order valence-corrected chi connectivity index (χ4v) is 2.53. The van der Waals surface area contributed by atoms with Crippen LogP contribution < -0.4 is 20.1 Å². The first kappa shape index (κ1) is 19.6. The molecule has 2 rings (SSSR count). The minimum absolute atomic E-state index is 0.0962. The van der Waals surface area contributed by atoms with Crippen molar-refractivity contribution in [1.82, 2.24) is 0 Å². The molecule has 0 heterocycles. The number of carbonyl (C=O) groups excluding carboxylic acids is 1. The lowest BCUT2D eigenvalue weighted by atomic mass is 10.1. The van der Waals surface area contributed by atoms with E-state index in [1.165, 1.54) is 5.56 Å². The van der Waals surface area contributed by atoms with Crippen LogP contribution in [0.3, 0.4) is 0 Å². The Morgan fingerprint density at radius 2 is 1.54 bits per heavy atom. The van der Waals surface area contributed by atoms with Gasteiger partial charge in [-0.15, -0.1) is 0 Å². The Balaban J connectivity index is 2.01. The maximum atomic E-state index is 12.4. The summed E-state index contributed by atoms with van der Waals surface area (Å²) in [6.07, 6.45) is 0.978. The second-order valence-electron chi connectivity index (χ2n) is 5.93. The highest BCUT2D eigenvalue weighted by Crippen LogP contribution is 2.31. The van der Waals surface area contributed by atoms with E-state index in [1.54, 1.807) is 0 Å². The van der Waals surface area contributed by atoms with E-state index in [-0.39, 0.29) is 5.91 Å². The van der Waals surface area contributed by atoms with E-state index >= 15 is 0 Å². The van der Waals surface area contributed by atoms with Gasteiger partial charge < -0.3 is 20.1 Å². The maximum Gasteiger partial charge on any atom is 0.246 e. The number of carbonyl (C=O) groups is 1. The zero-order chi connectivity index (χ0) is 18.9. The van der Waals surface area contributed by atoms with Crippen molar-refractivity contribution >= 4 is 17.3 Å². The molecule has 0 aliphatic carbocycles. The standard InChI is InChI=1S/C21H28N2O3/c1-5-16-8-10-17(11-9-16)23-21(24)15(4)22-18-12-13-19(25-6-2)20(14-18)26-7-3/h8-15,22H,5-7H2,1-4H3,(H,23,24)/t15-/m1/s1. The third-order valence-corrected chi connectivity index (χ3v) is 3.95. The van der Waals surface area contributed by atoms with Gasteiger partial charge in [0.1, 0.15) is 6.04 Å². The van der Waals surface area contributed by atoms with Gasteiger partial charge in [0.15, 0.2) is 11.5 Å². The highest BCUT2D eigenvalue weighted by atomic mass is 16.5. The number of amides is 1. The summed E-state index contributed by atoms with van der Waals surface area (Å²) >= 11 is 0. The predicted octanol–water partition coefficient (Wildman–Crippen LogP) is 4.49. The van der Waals surface area contributed by atoms with E-state index in [2.05, 4.69) is 17.6 Å². The highest BCUT2D eigenvalue weighted by molar-refractivity contribution is 5.96. The van der Waals surface area contributed by atoms with E-state index < -0.39 is 6.04 Å². The van der Waals surface area contributed by atoms with Crippen LogP contribution in [0.4, 0.5) is 11.4 Å². The number of ether oxygens (including phenoxy) is 2. The summed E-state index contributed by atoms with van der Waals surface area (Å²) < 4.78 is 11.2. The van der Waals surface area contributed by atoms with Crippen molar-refractivity contribution in [2.24, 2.45) is 0 Å². The summed E-state index contributed by atoms with van der Waals surface area (Å²) in [6, 6.07) is 13.1. The molecule has 26 heavy (non-hydrogen) atoms. The maximum absolute atomic E-state index is 12.4. The Hall–Kier alpha value is -2.69. The molecule has 0 fully saturated rings. The lowest BCUT2D eigenvalue weighted by molar-refractivity contribution is -0.116. The third kappa shape index (κ3) is 5.41. The first-order chi connectivity index (χ1) is 12.6. The SMILES string of the molecule is CCOc1ccc(N[C@H](C)C(=O)Nc2ccc(CC)cc2)cc1OCC. The Kier molecular flexibility index (Phi) is 7.33. The summed E-state index contributed by atoms with van der Waals surface area (Å²) in [4.78, 5) is 12.4. The van der Waals surface area contributed by atoms with Crippen molar-refractivity contribution in [2.75, 3.05) is 23.8 Å². The van der Waals surface area contributed by atoms with Crippen LogP contribution >= 0.6 is 0 Å². The molecule has 2 N–H and O–H groups in total. The van der Waals surface area contributed by atoms with Gasteiger partial charge in [0.2, 0.25) is 5.91 Å². The van der Waals surface area contributed by atoms with Gasteiger partial charge in [-0.25, -0.2) is 0 Å². The summed E-state index contributed by atoms with van der Waals surface area (Å²) in [5.41, 5.74) is 2.84. The molecule has 140 valence electrons. The number of benzene rings is 2. The van der Waals surface area contributed by atoms with E-state index in [9.17, 15) is 4.79 Å². The Morgan fingerprint density at radius 1 is 0.923 bits per heavy atom. The van der Waals surface area contributed by atoms with Crippen LogP contribution in [0.25, 0.3) is 0 Å². The van der Waals surface area contributed by atoms with Crippen LogP contribution in [0, 0.1) is 0 Å². The topological polar surface area (TPSA) is 59.6 Å². The molecule has 2 aromatic carbocycles. The van der Waals surface area contributed by atoms with Gasteiger partial charge in [-0.05, 0) is 57.0 Å². The van der Waals surface area contributed by atoms with Crippen LogP contribution in [-0.2, 0) is 11.2 Å². The fraction of sp³-hybridized carbons (Fsp3) is 0.381. The molecule has 0 aromatic heterocycles. The summed E-state index contributed by atoms with van der Waals surface area (Å²) in [7, 11) is 0. The minimum atomic E-state index is -0.395. The first-order valence-electron chi connectivity index (χ1n) is 9.13. The van der Waals surface area contributed by atoms with Crippen molar-refractivity contribution in [1.29, 1.82) is 0 Å². The molecule has 0 radical (unpaired) electrons. The largest absolute Gasteiger partial charge is 0.490 e. The average Bonchev–Trinajstić information content (AvgIpc) is 2.64. The molecule has 5 nitrogen and oxygen atoms in total. The van der Waals surface area contributed by atoms with Crippen LogP contribution in [0.5, 0.6) is 11.5 Å². The van der Waals surface area contributed by atoms with Gasteiger partial charge in [-0.1, -0.05) is 19.1 Å². The number of rotatable bonds is 9. The van der Waals surface area contributed by atoms with Crippen molar-refractivity contribution in [3.05, 3.63) is 48.0 Å². The average molecular weight is 356 g/mol. The molecule has 0 saturated carbocycles. The lowest BCUT2D eigenvalue weighted by Gasteiger charge is -2.17. The summed E-state index contributed by atoms with van der Waals surface area (Å²) in [6.45, 7) is 8.91. The molecule has 0 aliphatic heterocycles. The molecule has 0 aliphatic rings. The number of hydrogen-bond acceptors (Lipinski definition) is 4. The van der Waals surface area contributed by atoms with Gasteiger partial charge in [0, 0.05) is 17.4 Å². The number of anilines is 2. The fourth-order valence-electron chi connectivity index (χ4n) is 2.53. The molecule has 1 atom stereocenters. The van der Waals surface area contributed by atoms with Gasteiger partial charge in [-0.2, -0.15) is 0 Å². The Bertz CT molecular complexity index is 714. The van der Waals surface area contributed by atoms with Crippen molar-refractivity contribution in [2.45, 2.75) is 40.2 Å². The predicted molar refractivity (Wildman–Crippen MR) is 106 cm³/mol. The van der Waals surface area contributed by atoms with E-state index in [0.29, 0.717) is 24.7 Å². The first-order valence-corrected chi connectivity index (χ1v) is 9.13. The quantitative estimate of drug-likeness (QED) is 0.695. The van der Waals surface area contributed by atoms with Crippen molar-refractivity contribution in [3.63, 3.8) is 0 Å². The zero-order valence-electron chi connectivity index (χ0n) is 16.0. The minimum Gasteiger partial charge on any atom is -0.490 e. The number of nitrogens with one attached hydrogen (secondary N) is 2. The normalized spacial score (nSPS) is 11.5. The molecular formula is C21H28N2O3. The zero-order valence-corrected chi connectivity index (χ0v) is 16.0. The van der Waals surface area contributed by atoms with Gasteiger partial charge in [0.25, 0.3) is 0 Å². The molecule has 5 heteroatoms. The van der Waals surface area contributed by atoms with E-state index in [4.69, 9.17) is 9.47 Å². The van der Waals surface area contributed by atoms with Crippen LogP contribution in [0.1, 0.15) is 33.3 Å². The molecular weight excluding hydrogens is 328 g/mol. The molecule has 0 saturated heterocycles. The highest BCUT2D eigenvalue weighted by Gasteiger charge is 2.14. The van der Waals surface area contributed by atoms with Gasteiger partial charge >= 0.3 is 0 Å². The van der Waals surface area contributed by atoms with Crippen molar-refractivity contribution in [3.8, 4) is 11.5 Å². The lowest BCUT2D eigenvalue weighted by Crippen LogP contribution is -2.31. The molecule has 2 aromatic rings. The van der Waals surface area contributed by atoms with Crippen LogP contribution in [0.15, 0.2) is 42.5 Å². The Labute approximate surface area is 155 Å². The summed E-state index contributed by atoms with van der Waals surface area (Å²) in [5.74, 6) is 1.27. The van der Waals surface area contributed by atoms with E-state index in [0.717, 1.165) is 17.8 Å². The second kappa shape index (κ2) is 9.70. The van der Waals surface area contributed by atoms with Gasteiger partial charge in [0.05, 0.1) is 13.2 Å². The van der Waals surface area contributed by atoms with Crippen LogP contribution in [-0.4, -0.2) is 25.2 Å². The molecule has 0 spiro atoms. The second-order valence-corrected chi connectivity index (χ2v) is 5.93. The number of hydrogen-bond donors (Lipinski definition) is 2. The molecule has 0 bridgehead atoms. The number of aryl methyl sites for hydroxylation is 1. The molecule has 1 amide bonds. The smallest absolute Gasteiger partial charge is 0.246 e. The van der Waals surface area contributed by atoms with Gasteiger partial charge in [-0.3, -0.25) is 4.79 Å². The van der Waals surface area contributed by atoms with Crippen molar-refractivity contribution < 1.29 is 14.3 Å². The monoisotopic (exact) mass is 356 g/mol.